The Morgan fingerprint density at radius 1 is 1.00 bits per heavy atom. The normalized spacial score (nSPS) is 11.1. The Bertz CT molecular complexity index is 783. The number of hydrogen-bond donors (Lipinski definition) is 1. The molecule has 1 heterocycles. The summed E-state index contributed by atoms with van der Waals surface area (Å²) in [5, 5.41) is 0. The van der Waals surface area contributed by atoms with Gasteiger partial charge in [0, 0.05) is 12.1 Å². The van der Waals surface area contributed by atoms with E-state index in [4.69, 9.17) is 10.2 Å². The number of nitrogens with two attached hydrogens (primary N) is 1. The number of rotatable bonds is 1. The maximum Gasteiger partial charge on any atom is 0.230 e. The zero-order valence-electron chi connectivity index (χ0n) is 9.45. The molecule has 2 aromatic carbocycles. The predicted octanol–water partition coefficient (Wildman–Crippen LogP) is 3.49. The minimum Gasteiger partial charge on any atom is -0.436 e. The summed E-state index contributed by atoms with van der Waals surface area (Å²) in [6.07, 6.45) is 0. The van der Waals surface area contributed by atoms with Crippen LogP contribution in [-0.2, 0) is 0 Å². The molecule has 0 fully saturated rings. The number of nitrogen functional groups attached to an aromatic ring is 1. The molecule has 3 nitrogen and oxygen atoms in total. The summed E-state index contributed by atoms with van der Waals surface area (Å²) in [5.74, 6) is -2.27. The van der Waals surface area contributed by atoms with Gasteiger partial charge in [0.15, 0.2) is 5.58 Å². The van der Waals surface area contributed by atoms with Crippen molar-refractivity contribution in [2.45, 2.75) is 0 Å². The van der Waals surface area contributed by atoms with E-state index in [1.807, 2.05) is 0 Å². The van der Waals surface area contributed by atoms with Crippen LogP contribution in [0.3, 0.4) is 0 Å². The molecule has 0 atom stereocenters. The first-order valence-electron chi connectivity index (χ1n) is 5.35. The summed E-state index contributed by atoms with van der Waals surface area (Å²) in [6.45, 7) is 0. The van der Waals surface area contributed by atoms with Crippen LogP contribution >= 0.6 is 0 Å². The molecule has 3 aromatic rings. The van der Waals surface area contributed by atoms with E-state index in [9.17, 15) is 13.2 Å². The van der Waals surface area contributed by atoms with Gasteiger partial charge in [0.05, 0.1) is 11.3 Å². The number of aromatic nitrogens is 1. The van der Waals surface area contributed by atoms with Crippen LogP contribution < -0.4 is 5.73 Å². The van der Waals surface area contributed by atoms with E-state index in [0.29, 0.717) is 11.6 Å². The van der Waals surface area contributed by atoms with Crippen LogP contribution in [0.25, 0.3) is 22.6 Å². The number of hydrogen-bond acceptors (Lipinski definition) is 3. The molecule has 0 unspecified atom stereocenters. The largest absolute Gasteiger partial charge is 0.436 e. The molecule has 1 aromatic heterocycles. The van der Waals surface area contributed by atoms with Gasteiger partial charge in [0.1, 0.15) is 23.0 Å². The molecule has 3 rings (SSSR count). The highest BCUT2D eigenvalue weighted by Crippen LogP contribution is 2.29. The zero-order chi connectivity index (χ0) is 13.6. The molecule has 0 bridgehead atoms. The molecule has 6 heteroatoms. The van der Waals surface area contributed by atoms with E-state index >= 15 is 0 Å². The second-order valence-electron chi connectivity index (χ2n) is 3.98. The maximum absolute atomic E-state index is 13.7. The summed E-state index contributed by atoms with van der Waals surface area (Å²) < 4.78 is 45.0. The molecule has 96 valence electrons. The van der Waals surface area contributed by atoms with Crippen molar-refractivity contribution in [3.05, 3.63) is 47.8 Å². The highest BCUT2D eigenvalue weighted by atomic mass is 19.1. The Morgan fingerprint density at radius 2 is 1.79 bits per heavy atom. The summed E-state index contributed by atoms with van der Waals surface area (Å²) in [5.41, 5.74) is 5.63. The zero-order valence-corrected chi connectivity index (χ0v) is 9.45. The van der Waals surface area contributed by atoms with E-state index in [-0.39, 0.29) is 22.7 Å². The van der Waals surface area contributed by atoms with Gasteiger partial charge in [-0.3, -0.25) is 0 Å². The minimum absolute atomic E-state index is 0.0736. The molecule has 0 spiro atoms. The van der Waals surface area contributed by atoms with Gasteiger partial charge >= 0.3 is 0 Å². The van der Waals surface area contributed by atoms with Gasteiger partial charge in [-0.2, -0.15) is 0 Å². The van der Waals surface area contributed by atoms with Crippen molar-refractivity contribution in [2.75, 3.05) is 5.73 Å². The third-order valence-electron chi connectivity index (χ3n) is 2.67. The lowest BCUT2D eigenvalue weighted by Crippen LogP contribution is -1.94. The molecular formula is C13H7F3N2O. The molecule has 0 aliphatic carbocycles. The number of halogens is 3. The lowest BCUT2D eigenvalue weighted by molar-refractivity contribution is 0.573. The molecule has 0 aliphatic rings. The van der Waals surface area contributed by atoms with Crippen LogP contribution in [0.5, 0.6) is 0 Å². The number of fused-ring (bicyclic) bond motifs is 1. The molecule has 0 saturated carbocycles. The fourth-order valence-corrected chi connectivity index (χ4v) is 1.75. The van der Waals surface area contributed by atoms with E-state index in [0.717, 1.165) is 12.1 Å². The Balaban J connectivity index is 2.21. The Labute approximate surface area is 105 Å². The van der Waals surface area contributed by atoms with Gasteiger partial charge in [-0.15, -0.1) is 0 Å². The molecular weight excluding hydrogens is 257 g/mol. The van der Waals surface area contributed by atoms with Crippen LogP contribution in [0.4, 0.5) is 18.9 Å². The number of oxazole rings is 1. The molecule has 19 heavy (non-hydrogen) atoms. The van der Waals surface area contributed by atoms with E-state index in [2.05, 4.69) is 4.98 Å². The molecule has 0 aliphatic heterocycles. The fourth-order valence-electron chi connectivity index (χ4n) is 1.75. The molecule has 0 saturated heterocycles. The lowest BCUT2D eigenvalue weighted by Gasteiger charge is -2.01. The quantitative estimate of drug-likeness (QED) is 0.684. The number of benzene rings is 2. The van der Waals surface area contributed by atoms with Crippen LogP contribution in [-0.4, -0.2) is 4.98 Å². The van der Waals surface area contributed by atoms with Gasteiger partial charge in [-0.25, -0.2) is 18.2 Å². The van der Waals surface area contributed by atoms with Crippen LogP contribution in [0.15, 0.2) is 34.7 Å². The first-order chi connectivity index (χ1) is 9.04. The summed E-state index contributed by atoms with van der Waals surface area (Å²) >= 11 is 0. The van der Waals surface area contributed by atoms with Crippen LogP contribution in [0, 0.1) is 17.5 Å². The van der Waals surface area contributed by atoms with Crippen molar-refractivity contribution < 1.29 is 17.6 Å². The lowest BCUT2D eigenvalue weighted by atomic mass is 10.2. The second-order valence-corrected chi connectivity index (χ2v) is 3.98. The van der Waals surface area contributed by atoms with Crippen LogP contribution in [0.1, 0.15) is 0 Å². The first-order valence-corrected chi connectivity index (χ1v) is 5.35. The third kappa shape index (κ3) is 1.91. The second kappa shape index (κ2) is 4.01. The molecule has 2 N–H and O–H groups in total. The standard InChI is InChI=1S/C13H7F3N2O/c14-6-1-2-12-11(3-6)18-13(19-12)7-4-10(17)9(16)5-8(7)15/h1-5H,17H2. The average molecular weight is 264 g/mol. The highest BCUT2D eigenvalue weighted by Gasteiger charge is 2.15. The molecule has 0 radical (unpaired) electrons. The Hall–Kier alpha value is -2.50. The van der Waals surface area contributed by atoms with Crippen LogP contribution in [0.2, 0.25) is 0 Å². The Morgan fingerprint density at radius 3 is 2.58 bits per heavy atom. The summed E-state index contributed by atoms with van der Waals surface area (Å²) in [7, 11) is 0. The SMILES string of the molecule is Nc1cc(-c2nc3cc(F)ccc3o2)c(F)cc1F. The van der Waals surface area contributed by atoms with Gasteiger partial charge in [-0.1, -0.05) is 0 Å². The fraction of sp³-hybridized carbons (Fsp3) is 0. The van der Waals surface area contributed by atoms with Crippen molar-refractivity contribution >= 4 is 16.8 Å². The highest BCUT2D eigenvalue weighted by molar-refractivity contribution is 5.76. The van der Waals surface area contributed by atoms with Gasteiger partial charge in [0.25, 0.3) is 0 Å². The van der Waals surface area contributed by atoms with Gasteiger partial charge in [0.2, 0.25) is 5.89 Å². The third-order valence-corrected chi connectivity index (χ3v) is 2.67. The molecule has 0 amide bonds. The predicted molar refractivity (Wildman–Crippen MR) is 63.7 cm³/mol. The number of nitrogens with zero attached hydrogens (tertiary/aromatic N) is 1. The van der Waals surface area contributed by atoms with Gasteiger partial charge in [-0.05, 0) is 18.2 Å². The van der Waals surface area contributed by atoms with Gasteiger partial charge < -0.3 is 10.2 Å². The van der Waals surface area contributed by atoms with E-state index in [1.165, 1.54) is 12.1 Å². The maximum atomic E-state index is 13.7. The van der Waals surface area contributed by atoms with Crippen molar-refractivity contribution in [3.63, 3.8) is 0 Å². The topological polar surface area (TPSA) is 52.0 Å². The van der Waals surface area contributed by atoms with E-state index < -0.39 is 17.5 Å². The summed E-state index contributed by atoms with van der Waals surface area (Å²) in [4.78, 5) is 3.95. The number of anilines is 1. The van der Waals surface area contributed by atoms with E-state index in [1.54, 1.807) is 0 Å². The summed E-state index contributed by atoms with van der Waals surface area (Å²) in [6, 6.07) is 5.48. The smallest absolute Gasteiger partial charge is 0.230 e. The van der Waals surface area contributed by atoms with Crippen molar-refractivity contribution in [3.8, 4) is 11.5 Å². The van der Waals surface area contributed by atoms with Crippen molar-refractivity contribution in [1.82, 2.24) is 4.98 Å². The minimum atomic E-state index is -0.858. The Kier molecular flexibility index (Phi) is 2.45. The van der Waals surface area contributed by atoms with Crippen molar-refractivity contribution in [2.24, 2.45) is 0 Å². The first kappa shape index (κ1) is 11.6. The van der Waals surface area contributed by atoms with Crippen molar-refractivity contribution in [1.29, 1.82) is 0 Å². The monoisotopic (exact) mass is 264 g/mol. The average Bonchev–Trinajstić information content (AvgIpc) is 2.76.